The average Bonchev–Trinajstić information content (AvgIpc) is 3.10. The van der Waals surface area contributed by atoms with Crippen LogP contribution in [0.1, 0.15) is 46.0 Å². The minimum atomic E-state index is 0.466. The van der Waals surface area contributed by atoms with E-state index in [-0.39, 0.29) is 0 Å². The van der Waals surface area contributed by atoms with Crippen LogP contribution in [0.2, 0.25) is 0 Å². The smallest absolute Gasteiger partial charge is 0.0235 e. The van der Waals surface area contributed by atoms with E-state index in [4.69, 9.17) is 0 Å². The SMILES string of the molecule is CC(C)(CN1CCC(N2CCCC2)C1)C1CCCNC1. The standard InChI is InChI=1S/C17H33N3/c1-17(2,15-6-5-8-18-12-15)14-19-11-7-16(13-19)20-9-3-4-10-20/h15-16,18H,3-14H2,1-2H3. The Morgan fingerprint density at radius 2 is 1.85 bits per heavy atom. The highest BCUT2D eigenvalue weighted by atomic mass is 15.3. The van der Waals surface area contributed by atoms with Gasteiger partial charge >= 0.3 is 0 Å². The maximum Gasteiger partial charge on any atom is 0.0235 e. The van der Waals surface area contributed by atoms with Crippen LogP contribution >= 0.6 is 0 Å². The zero-order valence-corrected chi connectivity index (χ0v) is 13.5. The Hall–Kier alpha value is -0.120. The normalized spacial score (nSPS) is 33.9. The topological polar surface area (TPSA) is 18.5 Å². The molecule has 0 bridgehead atoms. The van der Waals surface area contributed by atoms with Crippen LogP contribution in [-0.4, -0.2) is 61.7 Å². The van der Waals surface area contributed by atoms with E-state index in [0.717, 1.165) is 12.0 Å². The summed E-state index contributed by atoms with van der Waals surface area (Å²) in [5.41, 5.74) is 0.466. The molecule has 0 aromatic carbocycles. The van der Waals surface area contributed by atoms with Crippen molar-refractivity contribution in [2.75, 3.05) is 45.8 Å². The summed E-state index contributed by atoms with van der Waals surface area (Å²) in [5, 5.41) is 3.59. The van der Waals surface area contributed by atoms with Crippen molar-refractivity contribution in [1.82, 2.24) is 15.1 Å². The van der Waals surface area contributed by atoms with Gasteiger partial charge in [-0.05, 0) is 76.2 Å². The fourth-order valence-corrected chi connectivity index (χ4v) is 4.58. The van der Waals surface area contributed by atoms with Crippen molar-refractivity contribution in [3.8, 4) is 0 Å². The number of piperidine rings is 1. The molecular formula is C17H33N3. The first-order valence-corrected chi connectivity index (χ1v) is 8.82. The molecule has 3 nitrogen and oxygen atoms in total. The van der Waals surface area contributed by atoms with E-state index in [2.05, 4.69) is 29.0 Å². The molecule has 20 heavy (non-hydrogen) atoms. The summed E-state index contributed by atoms with van der Waals surface area (Å²) >= 11 is 0. The van der Waals surface area contributed by atoms with Crippen LogP contribution in [0, 0.1) is 11.3 Å². The molecule has 0 saturated carbocycles. The number of nitrogens with zero attached hydrogens (tertiary/aromatic N) is 2. The molecule has 3 aliphatic rings. The van der Waals surface area contributed by atoms with Gasteiger partial charge in [-0.3, -0.25) is 4.90 Å². The van der Waals surface area contributed by atoms with Gasteiger partial charge in [0, 0.05) is 19.1 Å². The van der Waals surface area contributed by atoms with Gasteiger partial charge in [0.05, 0.1) is 0 Å². The minimum Gasteiger partial charge on any atom is -0.316 e. The van der Waals surface area contributed by atoms with Crippen LogP contribution in [-0.2, 0) is 0 Å². The molecule has 3 heteroatoms. The first-order chi connectivity index (χ1) is 9.65. The largest absolute Gasteiger partial charge is 0.316 e. The molecule has 116 valence electrons. The molecule has 2 atom stereocenters. The molecule has 0 spiro atoms. The van der Waals surface area contributed by atoms with Gasteiger partial charge in [0.2, 0.25) is 0 Å². The Morgan fingerprint density at radius 1 is 1.05 bits per heavy atom. The molecule has 0 aromatic heterocycles. The van der Waals surface area contributed by atoms with Crippen LogP contribution in [0.3, 0.4) is 0 Å². The van der Waals surface area contributed by atoms with Crippen molar-refractivity contribution in [2.45, 2.75) is 52.0 Å². The summed E-state index contributed by atoms with van der Waals surface area (Å²) in [4.78, 5) is 5.49. The van der Waals surface area contributed by atoms with E-state index in [0.29, 0.717) is 5.41 Å². The number of hydrogen-bond acceptors (Lipinski definition) is 3. The molecule has 3 fully saturated rings. The Morgan fingerprint density at radius 3 is 2.55 bits per heavy atom. The number of rotatable bonds is 4. The highest BCUT2D eigenvalue weighted by molar-refractivity contribution is 4.90. The van der Waals surface area contributed by atoms with Crippen molar-refractivity contribution >= 4 is 0 Å². The highest BCUT2D eigenvalue weighted by Crippen LogP contribution is 2.34. The molecule has 3 rings (SSSR count). The lowest BCUT2D eigenvalue weighted by Crippen LogP contribution is -2.45. The Bertz CT molecular complexity index is 303. The molecular weight excluding hydrogens is 246 g/mol. The zero-order chi connectivity index (χ0) is 14.0. The summed E-state index contributed by atoms with van der Waals surface area (Å²) in [6, 6.07) is 0.859. The van der Waals surface area contributed by atoms with Gasteiger partial charge in [0.1, 0.15) is 0 Å². The number of hydrogen-bond donors (Lipinski definition) is 1. The molecule has 0 radical (unpaired) electrons. The fraction of sp³-hybridized carbons (Fsp3) is 1.00. The zero-order valence-electron chi connectivity index (χ0n) is 13.5. The van der Waals surface area contributed by atoms with Crippen molar-refractivity contribution in [3.63, 3.8) is 0 Å². The van der Waals surface area contributed by atoms with Crippen molar-refractivity contribution in [2.24, 2.45) is 11.3 Å². The minimum absolute atomic E-state index is 0.466. The van der Waals surface area contributed by atoms with E-state index in [1.54, 1.807) is 0 Å². The molecule has 0 amide bonds. The predicted molar refractivity (Wildman–Crippen MR) is 85.0 cm³/mol. The van der Waals surface area contributed by atoms with Gasteiger partial charge < -0.3 is 10.2 Å². The molecule has 0 aromatic rings. The predicted octanol–water partition coefficient (Wildman–Crippen LogP) is 2.18. The van der Waals surface area contributed by atoms with Gasteiger partial charge in [-0.15, -0.1) is 0 Å². The van der Waals surface area contributed by atoms with E-state index in [1.165, 1.54) is 77.9 Å². The molecule has 3 saturated heterocycles. The third-order valence-corrected chi connectivity index (χ3v) is 5.94. The summed E-state index contributed by atoms with van der Waals surface area (Å²) in [6.07, 6.45) is 7.04. The van der Waals surface area contributed by atoms with Crippen LogP contribution in [0.25, 0.3) is 0 Å². The van der Waals surface area contributed by atoms with E-state index < -0.39 is 0 Å². The van der Waals surface area contributed by atoms with E-state index in [9.17, 15) is 0 Å². The summed E-state index contributed by atoms with van der Waals surface area (Å²) in [6.45, 7) is 14.1. The number of nitrogens with one attached hydrogen (secondary N) is 1. The van der Waals surface area contributed by atoms with Crippen LogP contribution in [0.4, 0.5) is 0 Å². The highest BCUT2D eigenvalue weighted by Gasteiger charge is 2.36. The lowest BCUT2D eigenvalue weighted by Gasteiger charge is -2.40. The van der Waals surface area contributed by atoms with E-state index >= 15 is 0 Å². The van der Waals surface area contributed by atoms with Gasteiger partial charge in [-0.1, -0.05) is 13.8 Å². The van der Waals surface area contributed by atoms with Crippen molar-refractivity contribution in [3.05, 3.63) is 0 Å². The van der Waals surface area contributed by atoms with Crippen LogP contribution in [0.5, 0.6) is 0 Å². The monoisotopic (exact) mass is 279 g/mol. The summed E-state index contributed by atoms with van der Waals surface area (Å²) in [5.74, 6) is 0.863. The lowest BCUT2D eigenvalue weighted by atomic mass is 9.74. The second kappa shape index (κ2) is 6.33. The quantitative estimate of drug-likeness (QED) is 0.851. The van der Waals surface area contributed by atoms with E-state index in [1.807, 2.05) is 0 Å². The second-order valence-electron chi connectivity index (χ2n) is 7.95. The summed E-state index contributed by atoms with van der Waals surface area (Å²) in [7, 11) is 0. The maximum absolute atomic E-state index is 3.59. The number of likely N-dealkylation sites (tertiary alicyclic amines) is 2. The third kappa shape index (κ3) is 3.37. The Kier molecular flexibility index (Phi) is 4.68. The van der Waals surface area contributed by atoms with Crippen molar-refractivity contribution < 1.29 is 0 Å². The second-order valence-corrected chi connectivity index (χ2v) is 7.95. The van der Waals surface area contributed by atoms with Gasteiger partial charge in [0.15, 0.2) is 0 Å². The average molecular weight is 279 g/mol. The van der Waals surface area contributed by atoms with Crippen LogP contribution < -0.4 is 5.32 Å². The Balaban J connectivity index is 1.50. The third-order valence-electron chi connectivity index (χ3n) is 5.94. The van der Waals surface area contributed by atoms with Crippen molar-refractivity contribution in [1.29, 1.82) is 0 Å². The molecule has 3 heterocycles. The van der Waals surface area contributed by atoms with Crippen LogP contribution in [0.15, 0.2) is 0 Å². The fourth-order valence-electron chi connectivity index (χ4n) is 4.58. The molecule has 2 unspecified atom stereocenters. The first-order valence-electron chi connectivity index (χ1n) is 8.82. The first kappa shape index (κ1) is 14.8. The lowest BCUT2D eigenvalue weighted by molar-refractivity contribution is 0.108. The molecule has 3 aliphatic heterocycles. The molecule has 0 aliphatic carbocycles. The molecule has 1 N–H and O–H groups in total. The Labute approximate surface area is 125 Å². The van der Waals surface area contributed by atoms with Gasteiger partial charge in [-0.2, -0.15) is 0 Å². The summed E-state index contributed by atoms with van der Waals surface area (Å²) < 4.78 is 0. The van der Waals surface area contributed by atoms with Gasteiger partial charge in [0.25, 0.3) is 0 Å². The van der Waals surface area contributed by atoms with Gasteiger partial charge in [-0.25, -0.2) is 0 Å². The maximum atomic E-state index is 3.59.